The number of urea groups is 1. The number of aromatic carboxylic acids is 1. The molecule has 7 nitrogen and oxygen atoms in total. The minimum Gasteiger partial charge on any atom is -0.478 e. The van der Waals surface area contributed by atoms with Crippen molar-refractivity contribution < 1.29 is 24.2 Å². The van der Waals surface area contributed by atoms with E-state index in [0.717, 1.165) is 8.47 Å². The van der Waals surface area contributed by atoms with Crippen LogP contribution in [0, 0.1) is 3.57 Å². The molecule has 1 aromatic rings. The number of carbonyl (C=O) groups is 3. The molecule has 20 heavy (non-hydrogen) atoms. The van der Waals surface area contributed by atoms with Crippen molar-refractivity contribution in [3.05, 3.63) is 27.3 Å². The first-order valence-corrected chi connectivity index (χ1v) is 6.54. The van der Waals surface area contributed by atoms with Gasteiger partial charge in [-0.25, -0.2) is 9.59 Å². The first kappa shape index (κ1) is 16.2. The number of hydrogen-bond acceptors (Lipinski definition) is 4. The van der Waals surface area contributed by atoms with E-state index in [9.17, 15) is 14.4 Å². The summed E-state index contributed by atoms with van der Waals surface area (Å²) in [5.74, 6) is -1.71. The van der Waals surface area contributed by atoms with E-state index in [0.29, 0.717) is 0 Å². The fourth-order valence-corrected chi connectivity index (χ4v) is 1.83. The van der Waals surface area contributed by atoms with Gasteiger partial charge in [0.05, 0.1) is 18.4 Å². The number of anilines is 1. The topological polar surface area (TPSA) is 95.9 Å². The minimum atomic E-state index is -1.14. The van der Waals surface area contributed by atoms with Crippen LogP contribution in [-0.2, 0) is 9.53 Å². The molecule has 0 spiro atoms. The highest BCUT2D eigenvalue weighted by molar-refractivity contribution is 14.1. The molecule has 0 radical (unpaired) electrons. The van der Waals surface area contributed by atoms with E-state index in [2.05, 4.69) is 10.1 Å². The molecule has 0 aliphatic carbocycles. The zero-order chi connectivity index (χ0) is 15.3. The predicted molar refractivity (Wildman–Crippen MR) is 79.8 cm³/mol. The Balaban J connectivity index is 2.85. The molecule has 0 aromatic heterocycles. The lowest BCUT2D eigenvalue weighted by Gasteiger charge is -2.17. The van der Waals surface area contributed by atoms with E-state index < -0.39 is 18.0 Å². The summed E-state index contributed by atoms with van der Waals surface area (Å²) < 4.78 is 5.18. The number of benzene rings is 1. The van der Waals surface area contributed by atoms with Gasteiger partial charge in [-0.2, -0.15) is 0 Å². The first-order valence-electron chi connectivity index (χ1n) is 5.47. The molecular formula is C12H13IN2O5. The van der Waals surface area contributed by atoms with Crippen molar-refractivity contribution >= 4 is 46.2 Å². The average molecular weight is 392 g/mol. The van der Waals surface area contributed by atoms with Crippen LogP contribution < -0.4 is 5.32 Å². The SMILES string of the molecule is COC(=O)CN(C)C(=O)Nc1ccc(I)cc1C(=O)O. The molecule has 1 rings (SSSR count). The van der Waals surface area contributed by atoms with Gasteiger partial charge in [0.15, 0.2) is 0 Å². The summed E-state index contributed by atoms with van der Waals surface area (Å²) in [6, 6.07) is 4.01. The highest BCUT2D eigenvalue weighted by atomic mass is 127. The van der Waals surface area contributed by atoms with Gasteiger partial charge in [0, 0.05) is 10.6 Å². The number of carboxylic acids is 1. The van der Waals surface area contributed by atoms with E-state index in [1.54, 1.807) is 6.07 Å². The van der Waals surface area contributed by atoms with Crippen LogP contribution in [0.25, 0.3) is 0 Å². The highest BCUT2D eigenvalue weighted by Gasteiger charge is 2.17. The van der Waals surface area contributed by atoms with Crippen LogP contribution in [-0.4, -0.2) is 48.7 Å². The van der Waals surface area contributed by atoms with Gasteiger partial charge in [-0.15, -0.1) is 0 Å². The van der Waals surface area contributed by atoms with Gasteiger partial charge in [0.2, 0.25) is 0 Å². The number of methoxy groups -OCH3 is 1. The van der Waals surface area contributed by atoms with E-state index in [4.69, 9.17) is 5.11 Å². The van der Waals surface area contributed by atoms with Gasteiger partial charge in [0.1, 0.15) is 6.54 Å². The molecule has 8 heteroatoms. The van der Waals surface area contributed by atoms with Gasteiger partial charge in [0.25, 0.3) is 0 Å². The second-order valence-corrected chi connectivity index (χ2v) is 5.10. The molecule has 0 heterocycles. The van der Waals surface area contributed by atoms with Crippen molar-refractivity contribution in [2.75, 3.05) is 26.0 Å². The Morgan fingerprint density at radius 1 is 1.40 bits per heavy atom. The van der Waals surface area contributed by atoms with E-state index >= 15 is 0 Å². The largest absolute Gasteiger partial charge is 0.478 e. The van der Waals surface area contributed by atoms with Crippen molar-refractivity contribution in [2.24, 2.45) is 0 Å². The molecule has 0 bridgehead atoms. The third kappa shape index (κ3) is 4.37. The first-order chi connectivity index (χ1) is 9.35. The Kier molecular flexibility index (Phi) is 5.74. The van der Waals surface area contributed by atoms with Crippen LogP contribution in [0.4, 0.5) is 10.5 Å². The zero-order valence-corrected chi connectivity index (χ0v) is 13.0. The zero-order valence-electron chi connectivity index (χ0n) is 10.8. The number of halogens is 1. The number of carbonyl (C=O) groups excluding carboxylic acids is 2. The smallest absolute Gasteiger partial charge is 0.337 e. The molecule has 2 amide bonds. The lowest BCUT2D eigenvalue weighted by molar-refractivity contribution is -0.140. The Bertz CT molecular complexity index is 547. The molecule has 0 atom stereocenters. The fraction of sp³-hybridized carbons (Fsp3) is 0.250. The maximum Gasteiger partial charge on any atom is 0.337 e. The Hall–Kier alpha value is -1.84. The van der Waals surface area contributed by atoms with Crippen molar-refractivity contribution in [2.45, 2.75) is 0 Å². The summed E-state index contributed by atoms with van der Waals surface area (Å²) in [5, 5.41) is 11.5. The standard InChI is InChI=1S/C12H13IN2O5/c1-15(6-10(16)20-2)12(19)14-9-4-3-7(13)5-8(9)11(17)18/h3-5H,6H2,1-2H3,(H,14,19)(H,17,18). The molecular weight excluding hydrogens is 379 g/mol. The summed E-state index contributed by atoms with van der Waals surface area (Å²) in [4.78, 5) is 35.1. The molecule has 1 aromatic carbocycles. The second kappa shape index (κ2) is 7.08. The van der Waals surface area contributed by atoms with Crippen molar-refractivity contribution in [3.8, 4) is 0 Å². The summed E-state index contributed by atoms with van der Waals surface area (Å²) in [6.07, 6.45) is 0. The van der Waals surface area contributed by atoms with Crippen molar-refractivity contribution in [1.82, 2.24) is 4.90 Å². The van der Waals surface area contributed by atoms with Crippen LogP contribution in [0.3, 0.4) is 0 Å². The quantitative estimate of drug-likeness (QED) is 0.600. The summed E-state index contributed by atoms with van der Waals surface area (Å²) in [6.45, 7) is -0.227. The van der Waals surface area contributed by atoms with Crippen LogP contribution >= 0.6 is 22.6 Å². The predicted octanol–water partition coefficient (Wildman–Crippen LogP) is 1.63. The number of esters is 1. The number of nitrogens with one attached hydrogen (secondary N) is 1. The monoisotopic (exact) mass is 392 g/mol. The van der Waals surface area contributed by atoms with Gasteiger partial charge < -0.3 is 20.1 Å². The normalized spacial score (nSPS) is 9.75. The number of ether oxygens (including phenoxy) is 1. The molecule has 0 saturated heterocycles. The van der Waals surface area contributed by atoms with Gasteiger partial charge in [-0.3, -0.25) is 4.79 Å². The van der Waals surface area contributed by atoms with Crippen molar-refractivity contribution in [1.29, 1.82) is 0 Å². The van der Waals surface area contributed by atoms with Gasteiger partial charge in [-0.05, 0) is 40.8 Å². The molecule has 108 valence electrons. The van der Waals surface area contributed by atoms with E-state index in [1.807, 2.05) is 22.6 Å². The lowest BCUT2D eigenvalue weighted by atomic mass is 10.2. The van der Waals surface area contributed by atoms with Crippen LogP contribution in [0.15, 0.2) is 18.2 Å². The molecule has 0 aliphatic rings. The number of rotatable bonds is 4. The number of nitrogens with zero attached hydrogens (tertiary/aromatic N) is 1. The summed E-state index contributed by atoms with van der Waals surface area (Å²) in [5.41, 5.74) is 0.149. The van der Waals surface area contributed by atoms with Crippen LogP contribution in [0.5, 0.6) is 0 Å². The Labute approximate surface area is 129 Å². The highest BCUT2D eigenvalue weighted by Crippen LogP contribution is 2.19. The third-order valence-corrected chi connectivity index (χ3v) is 3.07. The summed E-state index contributed by atoms with van der Waals surface area (Å²) in [7, 11) is 2.62. The van der Waals surface area contributed by atoms with Gasteiger partial charge >= 0.3 is 18.0 Å². The van der Waals surface area contributed by atoms with Crippen LogP contribution in [0.2, 0.25) is 0 Å². The lowest BCUT2D eigenvalue weighted by Crippen LogP contribution is -2.36. The molecule has 2 N–H and O–H groups in total. The third-order valence-electron chi connectivity index (χ3n) is 2.39. The minimum absolute atomic E-state index is 0.0169. The molecule has 0 fully saturated rings. The van der Waals surface area contributed by atoms with Gasteiger partial charge in [-0.1, -0.05) is 0 Å². The Morgan fingerprint density at radius 3 is 2.60 bits per heavy atom. The summed E-state index contributed by atoms with van der Waals surface area (Å²) >= 11 is 1.98. The van der Waals surface area contributed by atoms with Crippen molar-refractivity contribution in [3.63, 3.8) is 0 Å². The van der Waals surface area contributed by atoms with E-state index in [1.165, 1.54) is 26.3 Å². The van der Waals surface area contributed by atoms with E-state index in [-0.39, 0.29) is 17.8 Å². The maximum absolute atomic E-state index is 11.8. The number of likely N-dealkylation sites (N-methyl/N-ethyl adjacent to an activating group) is 1. The number of amides is 2. The van der Waals surface area contributed by atoms with Crippen LogP contribution in [0.1, 0.15) is 10.4 Å². The molecule has 0 saturated carbocycles. The average Bonchev–Trinajstić information content (AvgIpc) is 2.40. The fourth-order valence-electron chi connectivity index (χ4n) is 1.34. The second-order valence-electron chi connectivity index (χ2n) is 3.86. The molecule has 0 aliphatic heterocycles. The maximum atomic E-state index is 11.8. The number of carboxylic acid groups (broad SMARTS) is 1. The Morgan fingerprint density at radius 2 is 2.05 bits per heavy atom. The molecule has 0 unspecified atom stereocenters. The number of hydrogen-bond donors (Lipinski definition) is 2.